The second kappa shape index (κ2) is 5.89. The first-order chi connectivity index (χ1) is 9.49. The monoisotopic (exact) mass is 313 g/mol. The molecular formula is C12H8ClNO5S. The van der Waals surface area contributed by atoms with Gasteiger partial charge in [-0.15, -0.1) is 11.3 Å². The largest absolute Gasteiger partial charge is 0.487 e. The third kappa shape index (κ3) is 3.06. The van der Waals surface area contributed by atoms with E-state index in [-0.39, 0.29) is 27.9 Å². The van der Waals surface area contributed by atoms with Gasteiger partial charge in [0.1, 0.15) is 12.4 Å². The number of hydrogen-bond acceptors (Lipinski definition) is 5. The summed E-state index contributed by atoms with van der Waals surface area (Å²) in [6.45, 7) is 0.0356. The number of halogens is 1. The molecule has 0 fully saturated rings. The molecule has 2 aromatic rings. The van der Waals surface area contributed by atoms with E-state index in [1.807, 2.05) is 0 Å². The Morgan fingerprint density at radius 1 is 1.45 bits per heavy atom. The highest BCUT2D eigenvalue weighted by molar-refractivity contribution is 7.12. The molecule has 0 bridgehead atoms. The minimum absolute atomic E-state index is 0.0356. The van der Waals surface area contributed by atoms with Crippen molar-refractivity contribution in [1.29, 1.82) is 0 Å². The summed E-state index contributed by atoms with van der Waals surface area (Å²) >= 11 is 6.97. The smallest absolute Gasteiger partial charge is 0.349 e. The summed E-state index contributed by atoms with van der Waals surface area (Å²) in [6.07, 6.45) is 0. The summed E-state index contributed by atoms with van der Waals surface area (Å²) in [7, 11) is 0. The van der Waals surface area contributed by atoms with E-state index in [0.717, 1.165) is 11.3 Å². The van der Waals surface area contributed by atoms with Crippen molar-refractivity contribution in [3.8, 4) is 5.75 Å². The van der Waals surface area contributed by atoms with Crippen molar-refractivity contribution in [2.24, 2.45) is 0 Å². The van der Waals surface area contributed by atoms with Crippen LogP contribution in [0.1, 0.15) is 15.2 Å². The number of carboxylic acids is 1. The molecule has 20 heavy (non-hydrogen) atoms. The fourth-order valence-corrected chi connectivity index (χ4v) is 2.39. The lowest BCUT2D eigenvalue weighted by Gasteiger charge is -2.07. The summed E-state index contributed by atoms with van der Waals surface area (Å²) in [6, 6.07) is 5.57. The van der Waals surface area contributed by atoms with Gasteiger partial charge in [-0.1, -0.05) is 11.6 Å². The second-order valence-corrected chi connectivity index (χ2v) is 5.06. The van der Waals surface area contributed by atoms with Crippen LogP contribution in [-0.2, 0) is 6.61 Å². The fourth-order valence-electron chi connectivity index (χ4n) is 1.49. The van der Waals surface area contributed by atoms with Gasteiger partial charge < -0.3 is 9.84 Å². The molecule has 8 heteroatoms. The van der Waals surface area contributed by atoms with Crippen LogP contribution in [-0.4, -0.2) is 16.0 Å². The molecule has 0 aliphatic carbocycles. The van der Waals surface area contributed by atoms with E-state index in [0.29, 0.717) is 5.56 Å². The van der Waals surface area contributed by atoms with Crippen LogP contribution in [0.15, 0.2) is 29.6 Å². The highest BCUT2D eigenvalue weighted by atomic mass is 35.5. The average Bonchev–Trinajstić information content (AvgIpc) is 2.85. The number of nitro benzene ring substituents is 1. The zero-order chi connectivity index (χ0) is 14.7. The predicted octanol–water partition coefficient (Wildman–Crippen LogP) is 3.59. The third-order valence-electron chi connectivity index (χ3n) is 2.45. The van der Waals surface area contributed by atoms with Crippen molar-refractivity contribution in [3.63, 3.8) is 0 Å². The van der Waals surface area contributed by atoms with Crippen LogP contribution in [0.25, 0.3) is 0 Å². The van der Waals surface area contributed by atoms with Crippen LogP contribution in [0.2, 0.25) is 5.02 Å². The Morgan fingerprint density at radius 3 is 2.80 bits per heavy atom. The number of carboxylic acid groups (broad SMARTS) is 1. The number of carbonyl (C=O) groups is 1. The molecule has 1 aromatic heterocycles. The van der Waals surface area contributed by atoms with Crippen LogP contribution < -0.4 is 4.74 Å². The molecular weight excluding hydrogens is 306 g/mol. The van der Waals surface area contributed by atoms with Gasteiger partial charge in [-0.3, -0.25) is 10.1 Å². The molecule has 0 aliphatic heterocycles. The van der Waals surface area contributed by atoms with Crippen molar-refractivity contribution in [2.45, 2.75) is 6.61 Å². The van der Waals surface area contributed by atoms with Crippen molar-refractivity contribution in [2.75, 3.05) is 0 Å². The minimum Gasteiger partial charge on any atom is -0.487 e. The molecule has 0 radical (unpaired) electrons. The summed E-state index contributed by atoms with van der Waals surface area (Å²) < 4.78 is 5.38. The minimum atomic E-state index is -1.07. The van der Waals surface area contributed by atoms with Crippen LogP contribution in [0, 0.1) is 10.1 Å². The van der Waals surface area contributed by atoms with Crippen LogP contribution in [0.3, 0.4) is 0 Å². The van der Waals surface area contributed by atoms with Crippen LogP contribution in [0.4, 0.5) is 5.69 Å². The first kappa shape index (κ1) is 14.3. The lowest BCUT2D eigenvalue weighted by molar-refractivity contribution is -0.384. The Morgan fingerprint density at radius 2 is 2.20 bits per heavy atom. The van der Waals surface area contributed by atoms with E-state index in [1.54, 1.807) is 11.4 Å². The SMILES string of the molecule is O=C(O)c1sccc1OCc1ccc([N+](=O)[O-])cc1Cl. The molecule has 0 amide bonds. The Balaban J connectivity index is 2.13. The maximum Gasteiger partial charge on any atom is 0.349 e. The van der Waals surface area contributed by atoms with Gasteiger partial charge >= 0.3 is 5.97 Å². The number of nitrogens with zero attached hydrogens (tertiary/aromatic N) is 1. The number of aromatic carboxylic acids is 1. The summed E-state index contributed by atoms with van der Waals surface area (Å²) in [5.74, 6) is -0.818. The molecule has 0 saturated carbocycles. The number of thiophene rings is 1. The predicted molar refractivity (Wildman–Crippen MR) is 73.7 cm³/mol. The maximum absolute atomic E-state index is 10.9. The number of nitro groups is 1. The number of rotatable bonds is 5. The zero-order valence-electron chi connectivity index (χ0n) is 9.91. The summed E-state index contributed by atoms with van der Waals surface area (Å²) in [4.78, 5) is 21.0. The molecule has 1 heterocycles. The molecule has 0 atom stereocenters. The highest BCUT2D eigenvalue weighted by Crippen LogP contribution is 2.28. The van der Waals surface area contributed by atoms with E-state index in [4.69, 9.17) is 21.4 Å². The van der Waals surface area contributed by atoms with Crippen molar-refractivity contribution < 1.29 is 19.6 Å². The van der Waals surface area contributed by atoms with Crippen molar-refractivity contribution >= 4 is 34.6 Å². The van der Waals surface area contributed by atoms with Crippen LogP contribution in [0.5, 0.6) is 5.75 Å². The van der Waals surface area contributed by atoms with Crippen LogP contribution >= 0.6 is 22.9 Å². The summed E-state index contributed by atoms with van der Waals surface area (Å²) in [5, 5.41) is 21.3. The number of ether oxygens (including phenoxy) is 1. The molecule has 0 aliphatic rings. The number of benzene rings is 1. The van der Waals surface area contributed by atoms with Gasteiger partial charge in [-0.05, 0) is 17.5 Å². The lowest BCUT2D eigenvalue weighted by atomic mass is 10.2. The van der Waals surface area contributed by atoms with E-state index < -0.39 is 10.9 Å². The fraction of sp³-hybridized carbons (Fsp3) is 0.0833. The van der Waals surface area contributed by atoms with E-state index in [2.05, 4.69) is 0 Å². The Kier molecular flexibility index (Phi) is 4.21. The summed E-state index contributed by atoms with van der Waals surface area (Å²) in [5.41, 5.74) is 0.431. The van der Waals surface area contributed by atoms with Gasteiger partial charge in [0.15, 0.2) is 4.88 Å². The first-order valence-electron chi connectivity index (χ1n) is 5.35. The number of non-ortho nitro benzene ring substituents is 1. The topological polar surface area (TPSA) is 89.7 Å². The molecule has 2 rings (SSSR count). The van der Waals surface area contributed by atoms with Gasteiger partial charge in [-0.25, -0.2) is 4.79 Å². The molecule has 0 unspecified atom stereocenters. The van der Waals surface area contributed by atoms with E-state index in [9.17, 15) is 14.9 Å². The van der Waals surface area contributed by atoms with E-state index in [1.165, 1.54) is 18.2 Å². The molecule has 0 saturated heterocycles. The van der Waals surface area contributed by atoms with Crippen molar-refractivity contribution in [3.05, 3.63) is 55.2 Å². The van der Waals surface area contributed by atoms with Crippen molar-refractivity contribution in [1.82, 2.24) is 0 Å². The van der Waals surface area contributed by atoms with Gasteiger partial charge in [0, 0.05) is 17.7 Å². The standard InChI is InChI=1S/C12H8ClNO5S/c13-9-5-8(14(17)18)2-1-7(9)6-19-10-3-4-20-11(10)12(15)16/h1-5H,6H2,(H,15,16). The Hall–Kier alpha value is -2.12. The molecule has 0 spiro atoms. The second-order valence-electron chi connectivity index (χ2n) is 3.74. The normalized spacial score (nSPS) is 10.2. The quantitative estimate of drug-likeness (QED) is 0.673. The van der Waals surface area contributed by atoms with Gasteiger partial charge in [0.25, 0.3) is 5.69 Å². The highest BCUT2D eigenvalue weighted by Gasteiger charge is 2.14. The van der Waals surface area contributed by atoms with Gasteiger partial charge in [0.2, 0.25) is 0 Å². The maximum atomic E-state index is 10.9. The first-order valence-corrected chi connectivity index (χ1v) is 6.61. The molecule has 1 aromatic carbocycles. The lowest BCUT2D eigenvalue weighted by Crippen LogP contribution is -2.01. The zero-order valence-corrected chi connectivity index (χ0v) is 11.5. The third-order valence-corrected chi connectivity index (χ3v) is 3.69. The van der Waals surface area contributed by atoms with Gasteiger partial charge in [0.05, 0.1) is 9.95 Å². The average molecular weight is 314 g/mol. The Bertz CT molecular complexity index is 670. The molecule has 1 N–H and O–H groups in total. The Labute approximate surface area is 122 Å². The van der Waals surface area contributed by atoms with E-state index >= 15 is 0 Å². The molecule has 6 nitrogen and oxygen atoms in total. The molecule has 104 valence electrons. The van der Waals surface area contributed by atoms with Gasteiger partial charge in [-0.2, -0.15) is 0 Å². The number of hydrogen-bond donors (Lipinski definition) is 1.